The number of esters is 1. The molecule has 1 N–H and O–H groups in total. The molecular weight excluding hydrogens is 180 g/mol. The lowest BCUT2D eigenvalue weighted by atomic mass is 10.1. The van der Waals surface area contributed by atoms with Crippen LogP contribution in [0.5, 0.6) is 0 Å². The van der Waals surface area contributed by atoms with Crippen LogP contribution in [0.25, 0.3) is 0 Å². The summed E-state index contributed by atoms with van der Waals surface area (Å²) >= 11 is 0. The van der Waals surface area contributed by atoms with Crippen molar-refractivity contribution in [1.29, 1.82) is 0 Å². The number of methoxy groups -OCH3 is 1. The maximum atomic E-state index is 11.2. The Kier molecular flexibility index (Phi) is 3.65. The fourth-order valence-electron chi connectivity index (χ4n) is 1.28. The van der Waals surface area contributed by atoms with Crippen LogP contribution >= 0.6 is 0 Å². The van der Waals surface area contributed by atoms with Crippen LogP contribution in [0.4, 0.5) is 0 Å². The maximum Gasteiger partial charge on any atom is 0.337 e. The van der Waals surface area contributed by atoms with Gasteiger partial charge in [0.25, 0.3) is 0 Å². The topological polar surface area (TPSA) is 46.5 Å². The highest BCUT2D eigenvalue weighted by Gasteiger charge is 2.06. The Balaban J connectivity index is 2.84. The summed E-state index contributed by atoms with van der Waals surface area (Å²) in [6.07, 6.45) is 0.146. The van der Waals surface area contributed by atoms with Gasteiger partial charge in [-0.2, -0.15) is 0 Å². The van der Waals surface area contributed by atoms with E-state index in [-0.39, 0.29) is 5.97 Å². The molecule has 0 saturated heterocycles. The minimum atomic E-state index is -0.400. The summed E-state index contributed by atoms with van der Waals surface area (Å²) in [6, 6.07) is 7.08. The molecule has 1 aromatic rings. The molecule has 0 fully saturated rings. The Morgan fingerprint density at radius 2 is 2.29 bits per heavy atom. The van der Waals surface area contributed by atoms with Crippen molar-refractivity contribution in [2.24, 2.45) is 0 Å². The van der Waals surface area contributed by atoms with Crippen molar-refractivity contribution < 1.29 is 14.6 Å². The summed E-state index contributed by atoms with van der Waals surface area (Å²) in [7, 11) is 1.35. The zero-order valence-corrected chi connectivity index (χ0v) is 8.36. The number of ether oxygens (including phenoxy) is 1. The normalized spacial score (nSPS) is 12.2. The standard InChI is InChI=1S/C11H14O3/c1-8(12)6-9-4-3-5-10(7-9)11(13)14-2/h3-5,7-8,12H,6H2,1-2H3/t8-/m1/s1. The van der Waals surface area contributed by atoms with Crippen molar-refractivity contribution >= 4 is 5.97 Å². The van der Waals surface area contributed by atoms with Crippen molar-refractivity contribution in [2.75, 3.05) is 7.11 Å². The van der Waals surface area contributed by atoms with Crippen molar-refractivity contribution in [3.8, 4) is 0 Å². The Morgan fingerprint density at radius 1 is 1.57 bits per heavy atom. The Hall–Kier alpha value is -1.35. The van der Waals surface area contributed by atoms with E-state index in [1.807, 2.05) is 6.07 Å². The van der Waals surface area contributed by atoms with Gasteiger partial charge in [0.2, 0.25) is 0 Å². The smallest absolute Gasteiger partial charge is 0.337 e. The molecule has 3 nitrogen and oxygen atoms in total. The summed E-state index contributed by atoms with van der Waals surface area (Å²) in [6.45, 7) is 1.71. The third-order valence-corrected chi connectivity index (χ3v) is 1.88. The maximum absolute atomic E-state index is 11.2. The third-order valence-electron chi connectivity index (χ3n) is 1.88. The molecule has 0 aliphatic heterocycles. The molecule has 0 aliphatic rings. The minimum Gasteiger partial charge on any atom is -0.465 e. The van der Waals surface area contributed by atoms with Crippen molar-refractivity contribution in [2.45, 2.75) is 19.4 Å². The monoisotopic (exact) mass is 194 g/mol. The average Bonchev–Trinajstić information content (AvgIpc) is 2.16. The first-order chi connectivity index (χ1) is 6.63. The molecule has 0 radical (unpaired) electrons. The van der Waals surface area contributed by atoms with Crippen LogP contribution in [0.3, 0.4) is 0 Å². The molecule has 3 heteroatoms. The van der Waals surface area contributed by atoms with Gasteiger partial charge < -0.3 is 9.84 Å². The number of hydrogen-bond acceptors (Lipinski definition) is 3. The van der Waals surface area contributed by atoms with Crippen LogP contribution in [-0.4, -0.2) is 24.3 Å². The van der Waals surface area contributed by atoms with E-state index in [1.165, 1.54) is 7.11 Å². The lowest BCUT2D eigenvalue weighted by molar-refractivity contribution is 0.0600. The first-order valence-electron chi connectivity index (χ1n) is 4.49. The van der Waals surface area contributed by atoms with Crippen molar-refractivity contribution in [1.82, 2.24) is 0 Å². The van der Waals surface area contributed by atoms with Crippen LogP contribution < -0.4 is 0 Å². The highest BCUT2D eigenvalue weighted by atomic mass is 16.5. The van der Waals surface area contributed by atoms with Gasteiger partial charge in [-0.3, -0.25) is 0 Å². The minimum absolute atomic E-state index is 0.350. The van der Waals surface area contributed by atoms with E-state index in [1.54, 1.807) is 25.1 Å². The molecule has 14 heavy (non-hydrogen) atoms. The van der Waals surface area contributed by atoms with Gasteiger partial charge in [0, 0.05) is 0 Å². The largest absolute Gasteiger partial charge is 0.465 e. The van der Waals surface area contributed by atoms with Gasteiger partial charge in [0.05, 0.1) is 18.8 Å². The Morgan fingerprint density at radius 3 is 2.86 bits per heavy atom. The van der Waals surface area contributed by atoms with E-state index >= 15 is 0 Å². The van der Waals surface area contributed by atoms with Crippen molar-refractivity contribution in [3.05, 3.63) is 35.4 Å². The molecule has 1 rings (SSSR count). The van der Waals surface area contributed by atoms with Crippen LogP contribution in [0.1, 0.15) is 22.8 Å². The third kappa shape index (κ3) is 2.85. The Bertz CT molecular complexity index is 318. The SMILES string of the molecule is COC(=O)c1cccc(C[C@@H](C)O)c1. The molecule has 1 aromatic carbocycles. The first-order valence-corrected chi connectivity index (χ1v) is 4.49. The molecule has 0 aliphatic carbocycles. The van der Waals surface area contributed by atoms with E-state index in [2.05, 4.69) is 4.74 Å². The number of hydrogen-bond donors (Lipinski definition) is 1. The molecule has 0 unspecified atom stereocenters. The quantitative estimate of drug-likeness (QED) is 0.740. The zero-order valence-electron chi connectivity index (χ0n) is 8.36. The van der Waals surface area contributed by atoms with Gasteiger partial charge >= 0.3 is 5.97 Å². The van der Waals surface area contributed by atoms with Gasteiger partial charge in [0.15, 0.2) is 0 Å². The van der Waals surface area contributed by atoms with Gasteiger partial charge in [-0.15, -0.1) is 0 Å². The summed E-state index contributed by atoms with van der Waals surface area (Å²) in [5.41, 5.74) is 1.45. The van der Waals surface area contributed by atoms with Crippen LogP contribution in [-0.2, 0) is 11.2 Å². The fourth-order valence-corrected chi connectivity index (χ4v) is 1.28. The summed E-state index contributed by atoms with van der Waals surface area (Å²) in [5.74, 6) is -0.350. The molecule has 1 atom stereocenters. The van der Waals surface area contributed by atoms with Crippen LogP contribution in [0, 0.1) is 0 Å². The first kappa shape index (κ1) is 10.7. The Labute approximate surface area is 83.3 Å². The van der Waals surface area contributed by atoms with Gasteiger partial charge in [-0.05, 0) is 31.0 Å². The molecule has 0 spiro atoms. The van der Waals surface area contributed by atoms with E-state index < -0.39 is 6.10 Å². The van der Waals surface area contributed by atoms with E-state index in [9.17, 15) is 9.90 Å². The van der Waals surface area contributed by atoms with Gasteiger partial charge in [-0.1, -0.05) is 12.1 Å². The number of aliphatic hydroxyl groups excluding tert-OH is 1. The zero-order chi connectivity index (χ0) is 10.6. The lowest BCUT2D eigenvalue weighted by Crippen LogP contribution is -2.06. The molecular formula is C11H14O3. The highest BCUT2D eigenvalue weighted by molar-refractivity contribution is 5.89. The molecule has 0 aromatic heterocycles. The van der Waals surface area contributed by atoms with Gasteiger partial charge in [-0.25, -0.2) is 4.79 Å². The second-order valence-corrected chi connectivity index (χ2v) is 3.25. The molecule has 76 valence electrons. The average molecular weight is 194 g/mol. The number of benzene rings is 1. The second-order valence-electron chi connectivity index (χ2n) is 3.25. The molecule has 0 heterocycles. The van der Waals surface area contributed by atoms with E-state index in [4.69, 9.17) is 0 Å². The number of carbonyl (C=O) groups is 1. The summed E-state index contributed by atoms with van der Waals surface area (Å²) in [5, 5.41) is 9.18. The predicted molar refractivity (Wildman–Crippen MR) is 53.2 cm³/mol. The van der Waals surface area contributed by atoms with Crippen LogP contribution in [0.2, 0.25) is 0 Å². The fraction of sp³-hybridized carbons (Fsp3) is 0.364. The molecule has 0 bridgehead atoms. The van der Waals surface area contributed by atoms with Crippen molar-refractivity contribution in [3.63, 3.8) is 0 Å². The number of carbonyl (C=O) groups excluding carboxylic acids is 1. The second kappa shape index (κ2) is 4.77. The van der Waals surface area contributed by atoms with Crippen LogP contribution in [0.15, 0.2) is 24.3 Å². The number of rotatable bonds is 3. The van der Waals surface area contributed by atoms with Gasteiger partial charge in [0.1, 0.15) is 0 Å². The van der Waals surface area contributed by atoms with E-state index in [0.717, 1.165) is 5.56 Å². The summed E-state index contributed by atoms with van der Waals surface area (Å²) < 4.78 is 4.59. The predicted octanol–water partition coefficient (Wildman–Crippen LogP) is 1.40. The molecule has 0 amide bonds. The van der Waals surface area contributed by atoms with E-state index in [0.29, 0.717) is 12.0 Å². The highest BCUT2D eigenvalue weighted by Crippen LogP contribution is 2.08. The summed E-state index contributed by atoms with van der Waals surface area (Å²) in [4.78, 5) is 11.2. The lowest BCUT2D eigenvalue weighted by Gasteiger charge is -2.05. The number of aliphatic hydroxyl groups is 1. The molecule has 0 saturated carbocycles.